The Bertz CT molecular complexity index is 338. The van der Waals surface area contributed by atoms with Gasteiger partial charge in [-0.1, -0.05) is 0 Å². The monoisotopic (exact) mass is 275 g/mol. The number of aliphatic hydroxyl groups excluding tert-OH is 1. The molecular weight excluding hydrogens is 254 g/mol. The second kappa shape index (κ2) is 6.21. The summed E-state index contributed by atoms with van der Waals surface area (Å²) >= 11 is 0. The first-order valence-electron chi connectivity index (χ1n) is 6.10. The highest BCUT2D eigenvalue weighted by Crippen LogP contribution is 2.15. The third-order valence-electron chi connectivity index (χ3n) is 2.54. The number of esters is 1. The zero-order valence-corrected chi connectivity index (χ0v) is 11.7. The molecule has 0 aliphatic carbocycles. The number of carbonyl (C=O) groups is 2. The van der Waals surface area contributed by atoms with E-state index in [2.05, 4.69) is 4.74 Å². The maximum atomic E-state index is 11.9. The van der Waals surface area contributed by atoms with E-state index in [0.717, 1.165) is 0 Å². The van der Waals surface area contributed by atoms with Gasteiger partial charge in [-0.25, -0.2) is 9.59 Å². The van der Waals surface area contributed by atoms with Crippen LogP contribution in [0.2, 0.25) is 0 Å². The van der Waals surface area contributed by atoms with E-state index in [1.807, 2.05) is 0 Å². The van der Waals surface area contributed by atoms with Crippen LogP contribution in [0.1, 0.15) is 20.8 Å². The zero-order chi connectivity index (χ0) is 14.6. The Morgan fingerprint density at radius 2 is 2.05 bits per heavy atom. The maximum Gasteiger partial charge on any atom is 0.410 e. The van der Waals surface area contributed by atoms with Crippen molar-refractivity contribution in [2.45, 2.75) is 38.6 Å². The maximum absolute atomic E-state index is 11.9. The molecule has 0 radical (unpaired) electrons. The van der Waals surface area contributed by atoms with E-state index in [0.29, 0.717) is 6.54 Å². The predicted molar refractivity (Wildman–Crippen MR) is 65.6 cm³/mol. The average Bonchev–Trinajstić information content (AvgIpc) is 2.35. The van der Waals surface area contributed by atoms with Gasteiger partial charge in [-0.3, -0.25) is 0 Å². The van der Waals surface area contributed by atoms with Crippen LogP contribution in [0, 0.1) is 0 Å². The first kappa shape index (κ1) is 15.7. The second-order valence-electron chi connectivity index (χ2n) is 5.30. The molecular formula is C12H21NO6. The van der Waals surface area contributed by atoms with Gasteiger partial charge in [0.1, 0.15) is 11.7 Å². The van der Waals surface area contributed by atoms with Gasteiger partial charge in [0.25, 0.3) is 0 Å². The molecule has 1 saturated heterocycles. The lowest BCUT2D eigenvalue weighted by Crippen LogP contribution is -2.53. The molecule has 0 spiro atoms. The van der Waals surface area contributed by atoms with Crippen LogP contribution in [0.5, 0.6) is 0 Å². The van der Waals surface area contributed by atoms with Crippen molar-refractivity contribution in [1.82, 2.24) is 4.90 Å². The summed E-state index contributed by atoms with van der Waals surface area (Å²) in [5.41, 5.74) is -0.591. The third kappa shape index (κ3) is 4.68. The summed E-state index contributed by atoms with van der Waals surface area (Å²) in [6.45, 7) is 5.99. The Labute approximate surface area is 112 Å². The summed E-state index contributed by atoms with van der Waals surface area (Å²) in [6, 6.07) is 0. The highest BCUT2D eigenvalue weighted by atomic mass is 16.6. The standard InChI is InChI=1S/C12H21NO6/c1-12(2,3)19-11(16)13-5-6-18-8(7-13)9(14)10(15)17-4/h8-9,14H,5-7H2,1-4H3. The first-order valence-corrected chi connectivity index (χ1v) is 6.10. The fourth-order valence-corrected chi connectivity index (χ4v) is 1.63. The van der Waals surface area contributed by atoms with Gasteiger partial charge < -0.3 is 24.2 Å². The molecule has 110 valence electrons. The lowest BCUT2D eigenvalue weighted by atomic mass is 10.1. The quantitative estimate of drug-likeness (QED) is 0.722. The first-order chi connectivity index (χ1) is 8.74. The van der Waals surface area contributed by atoms with E-state index in [9.17, 15) is 14.7 Å². The normalized spacial score (nSPS) is 21.7. The number of hydrogen-bond acceptors (Lipinski definition) is 6. The topological polar surface area (TPSA) is 85.3 Å². The summed E-state index contributed by atoms with van der Waals surface area (Å²) < 4.78 is 14.9. The lowest BCUT2D eigenvalue weighted by molar-refractivity contribution is -0.163. The van der Waals surface area contributed by atoms with Crippen LogP contribution >= 0.6 is 0 Å². The predicted octanol–water partition coefficient (Wildman–Crippen LogP) is 0.156. The van der Waals surface area contributed by atoms with E-state index in [-0.39, 0.29) is 13.2 Å². The van der Waals surface area contributed by atoms with Crippen molar-refractivity contribution in [1.29, 1.82) is 0 Å². The van der Waals surface area contributed by atoms with Crippen LogP contribution in [0.3, 0.4) is 0 Å². The molecule has 1 fully saturated rings. The summed E-state index contributed by atoms with van der Waals surface area (Å²) in [5.74, 6) is -0.781. The largest absolute Gasteiger partial charge is 0.467 e. The molecule has 0 saturated carbocycles. The minimum Gasteiger partial charge on any atom is -0.467 e. The minimum atomic E-state index is -1.41. The zero-order valence-electron chi connectivity index (χ0n) is 11.7. The lowest BCUT2D eigenvalue weighted by Gasteiger charge is -2.35. The van der Waals surface area contributed by atoms with E-state index < -0.39 is 29.9 Å². The highest BCUT2D eigenvalue weighted by molar-refractivity contribution is 5.75. The fourth-order valence-electron chi connectivity index (χ4n) is 1.63. The van der Waals surface area contributed by atoms with Gasteiger partial charge in [0.05, 0.1) is 20.3 Å². The van der Waals surface area contributed by atoms with Gasteiger partial charge in [0.15, 0.2) is 6.10 Å². The number of methoxy groups -OCH3 is 1. The Hall–Kier alpha value is -1.34. The number of carbonyl (C=O) groups excluding carboxylic acids is 2. The van der Waals surface area contributed by atoms with Crippen molar-refractivity contribution in [3.63, 3.8) is 0 Å². The molecule has 1 heterocycles. The summed E-state index contributed by atoms with van der Waals surface area (Å²) in [7, 11) is 1.18. The molecule has 2 atom stereocenters. The molecule has 1 rings (SSSR count). The van der Waals surface area contributed by atoms with Crippen LogP contribution in [0.15, 0.2) is 0 Å². The Morgan fingerprint density at radius 3 is 2.58 bits per heavy atom. The Morgan fingerprint density at radius 1 is 1.42 bits per heavy atom. The van der Waals surface area contributed by atoms with E-state index in [1.54, 1.807) is 20.8 Å². The number of morpholine rings is 1. The fraction of sp³-hybridized carbons (Fsp3) is 0.833. The number of ether oxygens (including phenoxy) is 3. The summed E-state index contributed by atoms with van der Waals surface area (Å²) in [5, 5.41) is 9.70. The second-order valence-corrected chi connectivity index (χ2v) is 5.30. The number of amides is 1. The number of aliphatic hydroxyl groups is 1. The molecule has 19 heavy (non-hydrogen) atoms. The molecule has 1 N–H and O–H groups in total. The SMILES string of the molecule is COC(=O)C(O)C1CN(C(=O)OC(C)(C)C)CCO1. The molecule has 1 aliphatic rings. The Kier molecular flexibility index (Phi) is 5.13. The van der Waals surface area contributed by atoms with E-state index in [1.165, 1.54) is 12.0 Å². The van der Waals surface area contributed by atoms with E-state index >= 15 is 0 Å². The van der Waals surface area contributed by atoms with Crippen LogP contribution in [-0.2, 0) is 19.0 Å². The molecule has 1 amide bonds. The third-order valence-corrected chi connectivity index (χ3v) is 2.54. The molecule has 0 aromatic heterocycles. The highest BCUT2D eigenvalue weighted by Gasteiger charge is 2.35. The molecule has 7 nitrogen and oxygen atoms in total. The number of rotatable bonds is 2. The van der Waals surface area contributed by atoms with Crippen LogP contribution in [-0.4, -0.2) is 66.7 Å². The number of nitrogens with zero attached hydrogens (tertiary/aromatic N) is 1. The average molecular weight is 275 g/mol. The molecule has 1 aliphatic heterocycles. The van der Waals surface area contributed by atoms with Gasteiger partial charge in [-0.15, -0.1) is 0 Å². The molecule has 0 aromatic carbocycles. The van der Waals surface area contributed by atoms with Crippen molar-refractivity contribution >= 4 is 12.1 Å². The molecule has 2 unspecified atom stereocenters. The van der Waals surface area contributed by atoms with Gasteiger partial charge in [0.2, 0.25) is 0 Å². The van der Waals surface area contributed by atoms with Crippen molar-refractivity contribution in [2.24, 2.45) is 0 Å². The van der Waals surface area contributed by atoms with Gasteiger partial charge in [-0.2, -0.15) is 0 Å². The van der Waals surface area contributed by atoms with Gasteiger partial charge >= 0.3 is 12.1 Å². The molecule has 0 aromatic rings. The molecule has 0 bridgehead atoms. The van der Waals surface area contributed by atoms with Crippen LogP contribution < -0.4 is 0 Å². The van der Waals surface area contributed by atoms with Crippen molar-refractivity contribution in [2.75, 3.05) is 26.8 Å². The van der Waals surface area contributed by atoms with Gasteiger partial charge in [0, 0.05) is 6.54 Å². The van der Waals surface area contributed by atoms with Gasteiger partial charge in [-0.05, 0) is 20.8 Å². The number of hydrogen-bond donors (Lipinski definition) is 1. The molecule has 7 heteroatoms. The van der Waals surface area contributed by atoms with Crippen LogP contribution in [0.4, 0.5) is 4.79 Å². The van der Waals surface area contributed by atoms with Crippen LogP contribution in [0.25, 0.3) is 0 Å². The minimum absolute atomic E-state index is 0.0885. The Balaban J connectivity index is 2.59. The summed E-state index contributed by atoms with van der Waals surface area (Å²) in [6.07, 6.45) is -2.69. The van der Waals surface area contributed by atoms with Crippen molar-refractivity contribution < 1.29 is 28.9 Å². The van der Waals surface area contributed by atoms with Crippen molar-refractivity contribution in [3.05, 3.63) is 0 Å². The van der Waals surface area contributed by atoms with E-state index in [4.69, 9.17) is 9.47 Å². The smallest absolute Gasteiger partial charge is 0.410 e. The summed E-state index contributed by atoms with van der Waals surface area (Å²) in [4.78, 5) is 24.5. The van der Waals surface area contributed by atoms with Crippen molar-refractivity contribution in [3.8, 4) is 0 Å².